The number of thiazole rings is 1. The van der Waals surface area contributed by atoms with Crippen LogP contribution in [0.1, 0.15) is 30.3 Å². The molecule has 0 saturated carbocycles. The number of aromatic nitrogens is 3. The molecule has 0 aliphatic heterocycles. The number of hydrogen-bond donors (Lipinski definition) is 0. The van der Waals surface area contributed by atoms with E-state index in [4.69, 9.17) is 4.42 Å². The lowest BCUT2D eigenvalue weighted by Gasteiger charge is -1.90. The Kier molecular flexibility index (Phi) is 2.81. The number of hydrogen-bond acceptors (Lipinski definition) is 5. The summed E-state index contributed by atoms with van der Waals surface area (Å²) in [4.78, 5) is 5.81. The maximum absolute atomic E-state index is 5.35. The fraction of sp³-hybridized carbons (Fsp3) is 0.500. The number of aryl methyl sites for hydroxylation is 3. The monoisotopic (exact) mass is 223 g/mol. The van der Waals surface area contributed by atoms with Gasteiger partial charge in [-0.2, -0.15) is 0 Å². The van der Waals surface area contributed by atoms with E-state index in [-0.39, 0.29) is 0 Å². The Bertz CT molecular complexity index is 439. The predicted octanol–water partition coefficient (Wildman–Crippen LogP) is 2.63. The van der Waals surface area contributed by atoms with Gasteiger partial charge in [-0.25, -0.2) is 4.98 Å². The summed E-state index contributed by atoms with van der Waals surface area (Å²) >= 11 is 1.64. The van der Waals surface area contributed by atoms with E-state index in [9.17, 15) is 0 Å². The van der Waals surface area contributed by atoms with Gasteiger partial charge in [0.05, 0.1) is 5.69 Å². The molecule has 0 aromatic carbocycles. The van der Waals surface area contributed by atoms with E-state index in [1.807, 2.05) is 0 Å². The summed E-state index contributed by atoms with van der Waals surface area (Å²) < 4.78 is 5.35. The molecule has 0 bridgehead atoms. The third-order valence-electron chi connectivity index (χ3n) is 2.14. The Labute approximate surface area is 92.4 Å². The minimum Gasteiger partial charge on any atom is -0.419 e. The average Bonchev–Trinajstić information content (AvgIpc) is 2.82. The SMILES string of the molecule is CCc1nc(-c2nnc(C)o2)sc1CC. The van der Waals surface area contributed by atoms with Crippen molar-refractivity contribution in [2.75, 3.05) is 0 Å². The van der Waals surface area contributed by atoms with Crippen LogP contribution in [0.2, 0.25) is 0 Å². The highest BCUT2D eigenvalue weighted by Crippen LogP contribution is 2.27. The van der Waals surface area contributed by atoms with Crippen molar-refractivity contribution in [2.24, 2.45) is 0 Å². The molecule has 4 nitrogen and oxygen atoms in total. The van der Waals surface area contributed by atoms with Crippen LogP contribution >= 0.6 is 11.3 Å². The molecule has 0 aliphatic carbocycles. The maximum Gasteiger partial charge on any atom is 0.276 e. The normalized spacial score (nSPS) is 10.9. The minimum absolute atomic E-state index is 0.534. The van der Waals surface area contributed by atoms with E-state index < -0.39 is 0 Å². The molecule has 0 radical (unpaired) electrons. The van der Waals surface area contributed by atoms with Crippen LogP contribution in [0.3, 0.4) is 0 Å². The van der Waals surface area contributed by atoms with Gasteiger partial charge < -0.3 is 4.42 Å². The average molecular weight is 223 g/mol. The molecule has 0 spiro atoms. The second-order valence-electron chi connectivity index (χ2n) is 3.22. The van der Waals surface area contributed by atoms with Gasteiger partial charge in [0.2, 0.25) is 5.89 Å². The Morgan fingerprint density at radius 3 is 2.47 bits per heavy atom. The van der Waals surface area contributed by atoms with Crippen molar-refractivity contribution in [1.82, 2.24) is 15.2 Å². The molecule has 80 valence electrons. The summed E-state index contributed by atoms with van der Waals surface area (Å²) in [6.45, 7) is 6.03. The second kappa shape index (κ2) is 4.10. The zero-order valence-electron chi connectivity index (χ0n) is 9.07. The third-order valence-corrected chi connectivity index (χ3v) is 3.37. The molecule has 0 amide bonds. The van der Waals surface area contributed by atoms with Gasteiger partial charge in [0.25, 0.3) is 5.89 Å². The molecule has 0 N–H and O–H groups in total. The van der Waals surface area contributed by atoms with Gasteiger partial charge in [-0.05, 0) is 12.8 Å². The van der Waals surface area contributed by atoms with E-state index >= 15 is 0 Å². The lowest BCUT2D eigenvalue weighted by molar-refractivity contribution is 0.532. The van der Waals surface area contributed by atoms with E-state index in [0.29, 0.717) is 11.8 Å². The predicted molar refractivity (Wildman–Crippen MR) is 58.9 cm³/mol. The fourth-order valence-electron chi connectivity index (χ4n) is 1.41. The molecular weight excluding hydrogens is 210 g/mol. The first-order valence-corrected chi connectivity index (χ1v) is 5.85. The summed E-state index contributed by atoms with van der Waals surface area (Å²) in [5, 5.41) is 8.61. The summed E-state index contributed by atoms with van der Waals surface area (Å²) in [6, 6.07) is 0. The Morgan fingerprint density at radius 1 is 1.20 bits per heavy atom. The highest BCUT2D eigenvalue weighted by Gasteiger charge is 2.14. The first-order valence-electron chi connectivity index (χ1n) is 5.03. The second-order valence-corrected chi connectivity index (χ2v) is 4.31. The van der Waals surface area contributed by atoms with Gasteiger partial charge in [-0.1, -0.05) is 13.8 Å². The van der Waals surface area contributed by atoms with Crippen LogP contribution in [0.4, 0.5) is 0 Å². The van der Waals surface area contributed by atoms with Crippen molar-refractivity contribution in [3.63, 3.8) is 0 Å². The molecule has 15 heavy (non-hydrogen) atoms. The quantitative estimate of drug-likeness (QED) is 0.802. The highest BCUT2D eigenvalue weighted by atomic mass is 32.1. The largest absolute Gasteiger partial charge is 0.419 e. The van der Waals surface area contributed by atoms with Crippen molar-refractivity contribution in [3.8, 4) is 10.9 Å². The summed E-state index contributed by atoms with van der Waals surface area (Å²) in [5.41, 5.74) is 1.15. The summed E-state index contributed by atoms with van der Waals surface area (Å²) in [6.07, 6.45) is 1.96. The van der Waals surface area contributed by atoms with Gasteiger partial charge in [0.15, 0.2) is 5.01 Å². The van der Waals surface area contributed by atoms with Crippen molar-refractivity contribution in [1.29, 1.82) is 0 Å². The molecule has 2 rings (SSSR count). The van der Waals surface area contributed by atoms with Gasteiger partial charge in [-0.3, -0.25) is 0 Å². The first-order chi connectivity index (χ1) is 7.24. The van der Waals surface area contributed by atoms with Crippen LogP contribution in [0.25, 0.3) is 10.9 Å². The third kappa shape index (κ3) is 1.92. The van der Waals surface area contributed by atoms with Gasteiger partial charge in [-0.15, -0.1) is 21.5 Å². The smallest absolute Gasteiger partial charge is 0.276 e. The zero-order valence-corrected chi connectivity index (χ0v) is 9.89. The molecule has 0 saturated heterocycles. The van der Waals surface area contributed by atoms with Crippen LogP contribution in [0.5, 0.6) is 0 Å². The Hall–Kier alpha value is -1.23. The van der Waals surface area contributed by atoms with E-state index in [0.717, 1.165) is 23.5 Å². The van der Waals surface area contributed by atoms with Crippen molar-refractivity contribution in [2.45, 2.75) is 33.6 Å². The van der Waals surface area contributed by atoms with Crippen LogP contribution < -0.4 is 0 Å². The van der Waals surface area contributed by atoms with Crippen LogP contribution in [-0.2, 0) is 12.8 Å². The minimum atomic E-state index is 0.534. The molecule has 0 unspecified atom stereocenters. The number of nitrogens with zero attached hydrogens (tertiary/aromatic N) is 3. The molecule has 2 heterocycles. The fourth-order valence-corrected chi connectivity index (χ4v) is 2.42. The standard InChI is InChI=1S/C10H13N3OS/c1-4-7-8(5-2)15-10(11-7)9-13-12-6(3)14-9/h4-5H2,1-3H3. The first kappa shape index (κ1) is 10.3. The van der Waals surface area contributed by atoms with Crippen molar-refractivity contribution in [3.05, 3.63) is 16.5 Å². The van der Waals surface area contributed by atoms with Crippen molar-refractivity contribution < 1.29 is 4.42 Å². The molecular formula is C10H13N3OS. The molecule has 5 heteroatoms. The van der Waals surface area contributed by atoms with Gasteiger partial charge in [0.1, 0.15) is 0 Å². The van der Waals surface area contributed by atoms with Crippen LogP contribution in [0, 0.1) is 6.92 Å². The summed E-state index contributed by atoms with van der Waals surface area (Å²) in [5.74, 6) is 1.11. The van der Waals surface area contributed by atoms with Crippen LogP contribution in [0.15, 0.2) is 4.42 Å². The molecule has 0 aliphatic rings. The highest BCUT2D eigenvalue weighted by molar-refractivity contribution is 7.15. The molecule has 2 aromatic rings. The molecule has 0 atom stereocenters. The Morgan fingerprint density at radius 2 is 2.00 bits per heavy atom. The van der Waals surface area contributed by atoms with E-state index in [2.05, 4.69) is 29.0 Å². The van der Waals surface area contributed by atoms with E-state index in [1.165, 1.54) is 4.88 Å². The van der Waals surface area contributed by atoms with E-state index in [1.54, 1.807) is 18.3 Å². The summed E-state index contributed by atoms with van der Waals surface area (Å²) in [7, 11) is 0. The lowest BCUT2D eigenvalue weighted by atomic mass is 10.2. The van der Waals surface area contributed by atoms with Crippen molar-refractivity contribution >= 4 is 11.3 Å². The van der Waals surface area contributed by atoms with Gasteiger partial charge >= 0.3 is 0 Å². The lowest BCUT2D eigenvalue weighted by Crippen LogP contribution is -1.85. The topological polar surface area (TPSA) is 51.8 Å². The maximum atomic E-state index is 5.35. The van der Waals surface area contributed by atoms with Crippen LogP contribution in [-0.4, -0.2) is 15.2 Å². The molecule has 0 fully saturated rings. The Balaban J connectivity index is 2.41. The zero-order chi connectivity index (χ0) is 10.8. The number of rotatable bonds is 3. The van der Waals surface area contributed by atoms with Gasteiger partial charge in [0, 0.05) is 11.8 Å². The molecule has 2 aromatic heterocycles.